The number of nitrogens with one attached hydrogen (secondary N) is 1. The summed E-state index contributed by atoms with van der Waals surface area (Å²) in [7, 11) is 0. The van der Waals surface area contributed by atoms with Crippen molar-refractivity contribution in [3.8, 4) is 11.6 Å². The summed E-state index contributed by atoms with van der Waals surface area (Å²) in [6.07, 6.45) is 0.600. The summed E-state index contributed by atoms with van der Waals surface area (Å²) < 4.78 is 85.7. The van der Waals surface area contributed by atoms with E-state index in [0.29, 0.717) is 24.1 Å². The number of oxazole rings is 1. The molecule has 12 nitrogen and oxygen atoms in total. The van der Waals surface area contributed by atoms with Crippen LogP contribution in [-0.2, 0) is 21.9 Å². The van der Waals surface area contributed by atoms with Crippen LogP contribution < -0.4 is 5.32 Å². The van der Waals surface area contributed by atoms with Crippen molar-refractivity contribution in [2.45, 2.75) is 102 Å². The number of carbonyl (C=O) groups is 3. The van der Waals surface area contributed by atoms with Crippen molar-refractivity contribution in [2.24, 2.45) is 34.5 Å². The summed E-state index contributed by atoms with van der Waals surface area (Å²) in [6.45, 7) is 4.80. The Bertz CT molecular complexity index is 2280. The number of Topliss-reactive ketones (excluding diaryl/α,β-unsaturated/α-hetero) is 2. The third-order valence-corrected chi connectivity index (χ3v) is 14.1. The van der Waals surface area contributed by atoms with E-state index < -0.39 is 64.4 Å². The number of alkyl halides is 6. The number of aliphatic hydroxyl groups is 3. The standard InChI is InChI=1S/C22H15F6N5O2.C21H32O5/c1-12(15-6-5-13(21(23,24)25)8-16(15)22(26,27)28)33-10-14(9-30-33)31-19(34)18-11-35-20(32-18)17-4-2-3-7-29-17;1-19-7-5-13(23)9-12(19)3-4-14-15-6-8-21(26,17(25)11-22)20(15,2)10-16(24)18(14)19/h2-12H,1H3,(H,31,34);12-15,18,22-23,26H,3-11H2,1-2H3/t;12-,13-,14+,15+,18-,19+,20+,21+/m.1/s1. The zero-order chi connectivity index (χ0) is 44.3. The summed E-state index contributed by atoms with van der Waals surface area (Å²) >= 11 is 0. The highest BCUT2D eigenvalue weighted by Gasteiger charge is 2.68. The van der Waals surface area contributed by atoms with E-state index in [0.717, 1.165) is 55.5 Å². The van der Waals surface area contributed by atoms with Gasteiger partial charge in [-0.25, -0.2) is 4.98 Å². The molecule has 4 aliphatic rings. The molecule has 0 radical (unpaired) electrons. The van der Waals surface area contributed by atoms with Gasteiger partial charge in [0.05, 0.1) is 35.2 Å². The Morgan fingerprint density at radius 1 is 1.03 bits per heavy atom. The van der Waals surface area contributed by atoms with Gasteiger partial charge in [-0.1, -0.05) is 26.0 Å². The average molecular weight is 860 g/mol. The number of ketones is 2. The van der Waals surface area contributed by atoms with Crippen LogP contribution in [0.2, 0.25) is 0 Å². The Morgan fingerprint density at radius 2 is 1.79 bits per heavy atom. The number of rotatable bonds is 7. The fraction of sp³-hybridized carbons (Fsp3) is 0.535. The Labute approximate surface area is 346 Å². The molecule has 3 heterocycles. The molecular formula is C43H47F6N5O7. The lowest BCUT2D eigenvalue weighted by Gasteiger charge is -2.60. The molecular weight excluding hydrogens is 812 g/mol. The van der Waals surface area contributed by atoms with Crippen molar-refractivity contribution >= 4 is 23.2 Å². The van der Waals surface area contributed by atoms with Gasteiger partial charge in [0.25, 0.3) is 5.91 Å². The molecule has 0 spiro atoms. The molecule has 0 aliphatic heterocycles. The second-order valence-corrected chi connectivity index (χ2v) is 17.4. The molecule has 4 fully saturated rings. The molecule has 4 aliphatic carbocycles. The Morgan fingerprint density at radius 3 is 2.46 bits per heavy atom. The van der Waals surface area contributed by atoms with Crippen LogP contribution in [0.25, 0.3) is 11.6 Å². The van der Waals surface area contributed by atoms with Crippen molar-refractivity contribution in [2.75, 3.05) is 11.9 Å². The molecule has 0 bridgehead atoms. The normalized spacial score (nSPS) is 30.3. The molecule has 9 atom stereocenters. The van der Waals surface area contributed by atoms with E-state index >= 15 is 0 Å². The van der Waals surface area contributed by atoms with E-state index in [2.05, 4.69) is 27.3 Å². The van der Waals surface area contributed by atoms with Crippen molar-refractivity contribution < 1.29 is 60.5 Å². The Balaban J connectivity index is 0.000000192. The van der Waals surface area contributed by atoms with Gasteiger partial charge in [-0.15, -0.1) is 0 Å². The lowest BCUT2D eigenvalue weighted by Crippen LogP contribution is -2.62. The number of aliphatic hydroxyl groups excluding tert-OH is 2. The van der Waals surface area contributed by atoms with Gasteiger partial charge in [-0.05, 0) is 105 Å². The van der Waals surface area contributed by atoms with Gasteiger partial charge in [0.2, 0.25) is 5.89 Å². The Hall–Kier alpha value is -4.94. The number of halogens is 6. The maximum absolute atomic E-state index is 13.5. The van der Waals surface area contributed by atoms with E-state index in [1.807, 2.05) is 6.92 Å². The van der Waals surface area contributed by atoms with Gasteiger partial charge < -0.3 is 25.1 Å². The summed E-state index contributed by atoms with van der Waals surface area (Å²) in [5.74, 6) is -0.180. The van der Waals surface area contributed by atoms with Crippen molar-refractivity contribution in [1.82, 2.24) is 19.7 Å². The first kappa shape index (κ1) is 44.1. The molecule has 3 aromatic heterocycles. The minimum Gasteiger partial charge on any atom is -0.442 e. The number of nitrogens with zero attached hydrogens (tertiary/aromatic N) is 4. The molecule has 4 saturated carbocycles. The van der Waals surface area contributed by atoms with Gasteiger partial charge in [0.1, 0.15) is 29.9 Å². The zero-order valence-electron chi connectivity index (χ0n) is 33.6. The highest BCUT2D eigenvalue weighted by Crippen LogP contribution is 2.67. The molecule has 18 heteroatoms. The second-order valence-electron chi connectivity index (χ2n) is 17.4. The molecule has 8 rings (SSSR count). The summed E-state index contributed by atoms with van der Waals surface area (Å²) in [5, 5.41) is 37.1. The number of carbonyl (C=O) groups excluding carboxylic acids is 3. The maximum atomic E-state index is 13.5. The monoisotopic (exact) mass is 859 g/mol. The highest BCUT2D eigenvalue weighted by molar-refractivity contribution is 6.02. The molecule has 1 aromatic carbocycles. The summed E-state index contributed by atoms with van der Waals surface area (Å²) in [5.41, 5.74) is -5.19. The maximum Gasteiger partial charge on any atom is 0.416 e. The van der Waals surface area contributed by atoms with Gasteiger partial charge in [0, 0.05) is 30.1 Å². The average Bonchev–Trinajstić information content (AvgIpc) is 3.96. The first-order valence-electron chi connectivity index (χ1n) is 20.2. The number of fused-ring (bicyclic) bond motifs is 5. The summed E-state index contributed by atoms with van der Waals surface area (Å²) in [6, 6.07) is 5.37. The van der Waals surface area contributed by atoms with Crippen LogP contribution >= 0.6 is 0 Å². The van der Waals surface area contributed by atoms with Crippen LogP contribution in [0.15, 0.2) is 65.7 Å². The third kappa shape index (κ3) is 8.02. The SMILES string of the molecule is CC(c1ccc(C(F)(F)F)cc1C(F)(F)F)n1cc(NC(=O)c2coc(-c3ccccn3)n2)cn1.C[C@]12CC[C@@H](O)C[C@H]1CC[C@@H]1[C@@H]2C(=O)C[C@@]2(C)[C@H]1CC[C@]2(O)C(=O)CO. The largest absolute Gasteiger partial charge is 0.442 e. The lowest BCUT2D eigenvalue weighted by atomic mass is 9.44. The number of amides is 1. The molecule has 328 valence electrons. The van der Waals surface area contributed by atoms with Gasteiger partial charge >= 0.3 is 12.4 Å². The fourth-order valence-corrected chi connectivity index (χ4v) is 10.9. The molecule has 4 aromatic rings. The van der Waals surface area contributed by atoms with Crippen LogP contribution in [0.1, 0.15) is 105 Å². The van der Waals surface area contributed by atoms with Crippen LogP contribution in [0.4, 0.5) is 32.0 Å². The molecule has 61 heavy (non-hydrogen) atoms. The first-order chi connectivity index (χ1) is 28.6. The predicted molar refractivity (Wildman–Crippen MR) is 205 cm³/mol. The number of anilines is 1. The zero-order valence-corrected chi connectivity index (χ0v) is 33.6. The van der Waals surface area contributed by atoms with Crippen molar-refractivity contribution in [3.63, 3.8) is 0 Å². The smallest absolute Gasteiger partial charge is 0.416 e. The number of pyridine rings is 1. The van der Waals surface area contributed by atoms with Gasteiger partial charge in [-0.3, -0.25) is 24.0 Å². The molecule has 1 unspecified atom stereocenters. The van der Waals surface area contributed by atoms with E-state index in [4.69, 9.17) is 4.42 Å². The van der Waals surface area contributed by atoms with Gasteiger partial charge in [0.15, 0.2) is 11.5 Å². The highest BCUT2D eigenvalue weighted by atomic mass is 19.4. The lowest BCUT2D eigenvalue weighted by molar-refractivity contribution is -0.180. The minimum absolute atomic E-state index is 0.0154. The molecule has 1 amide bonds. The third-order valence-electron chi connectivity index (χ3n) is 14.1. The summed E-state index contributed by atoms with van der Waals surface area (Å²) in [4.78, 5) is 46.3. The van der Waals surface area contributed by atoms with Crippen LogP contribution in [-0.4, -0.2) is 70.9 Å². The van der Waals surface area contributed by atoms with E-state index in [-0.39, 0.29) is 64.8 Å². The fourth-order valence-electron chi connectivity index (χ4n) is 10.9. The number of hydrogen-bond donors (Lipinski definition) is 4. The van der Waals surface area contributed by atoms with Crippen LogP contribution in [0.5, 0.6) is 0 Å². The predicted octanol–water partition coefficient (Wildman–Crippen LogP) is 7.69. The number of hydrogen-bond acceptors (Lipinski definition) is 10. The Kier molecular flexibility index (Phi) is 11.6. The van der Waals surface area contributed by atoms with Crippen LogP contribution in [0, 0.1) is 34.5 Å². The van der Waals surface area contributed by atoms with E-state index in [1.165, 1.54) is 25.5 Å². The van der Waals surface area contributed by atoms with Gasteiger partial charge in [-0.2, -0.15) is 31.4 Å². The molecule has 4 N–H and O–H groups in total. The van der Waals surface area contributed by atoms with E-state index in [1.54, 1.807) is 18.2 Å². The second kappa shape index (κ2) is 16.1. The van der Waals surface area contributed by atoms with Crippen molar-refractivity contribution in [1.29, 1.82) is 0 Å². The van der Waals surface area contributed by atoms with Crippen molar-refractivity contribution in [3.05, 3.63) is 83.6 Å². The van der Waals surface area contributed by atoms with Crippen LogP contribution in [0.3, 0.4) is 0 Å². The minimum atomic E-state index is -5.02. The molecule has 0 saturated heterocycles. The number of benzene rings is 1. The topological polar surface area (TPSA) is 181 Å². The number of aromatic nitrogens is 4. The quantitative estimate of drug-likeness (QED) is 0.135. The first-order valence-corrected chi connectivity index (χ1v) is 20.2. The van der Waals surface area contributed by atoms with E-state index in [9.17, 15) is 56.0 Å².